The molecule has 2 nitrogen and oxygen atoms in total. The van der Waals surface area contributed by atoms with Gasteiger partial charge in [-0.1, -0.05) is 11.6 Å². The quantitative estimate of drug-likeness (QED) is 0.860. The number of nitrogens with one attached hydrogen (secondary N) is 1. The first-order chi connectivity index (χ1) is 9.36. The van der Waals surface area contributed by atoms with Gasteiger partial charge in [0, 0.05) is 18.2 Å². The first-order valence-corrected chi connectivity index (χ1v) is 6.39. The summed E-state index contributed by atoms with van der Waals surface area (Å²) in [5, 5.41) is 2.70. The number of hydrogen-bond acceptors (Lipinski definition) is 2. The van der Waals surface area contributed by atoms with Crippen LogP contribution in [0.3, 0.4) is 0 Å². The smallest absolute Gasteiger partial charge is 0.417 e. The van der Waals surface area contributed by atoms with Crippen LogP contribution >= 0.6 is 11.6 Å². The highest BCUT2D eigenvalue weighted by atomic mass is 35.5. The molecule has 0 aliphatic rings. The van der Waals surface area contributed by atoms with Crippen LogP contribution in [-0.4, -0.2) is 6.04 Å². The SMILES string of the molecule is CC(Cc1ccco1)Nc1ccc(Cl)c(C(F)(F)F)c1. The summed E-state index contributed by atoms with van der Waals surface area (Å²) in [6, 6.07) is 7.31. The minimum absolute atomic E-state index is 0.0663. The number of rotatable bonds is 4. The molecule has 1 heterocycles. The monoisotopic (exact) mass is 303 g/mol. The fraction of sp³-hybridized carbons (Fsp3) is 0.286. The lowest BCUT2D eigenvalue weighted by Gasteiger charge is -2.16. The van der Waals surface area contributed by atoms with E-state index < -0.39 is 11.7 Å². The minimum Gasteiger partial charge on any atom is -0.469 e. The van der Waals surface area contributed by atoms with Crippen LogP contribution in [0.15, 0.2) is 41.0 Å². The molecule has 0 aliphatic carbocycles. The van der Waals surface area contributed by atoms with Crippen molar-refractivity contribution in [2.75, 3.05) is 5.32 Å². The summed E-state index contributed by atoms with van der Waals surface area (Å²) in [5.41, 5.74) is -0.463. The molecule has 1 atom stereocenters. The zero-order valence-electron chi connectivity index (χ0n) is 10.7. The van der Waals surface area contributed by atoms with Crippen LogP contribution in [0.4, 0.5) is 18.9 Å². The molecule has 1 N–H and O–H groups in total. The van der Waals surface area contributed by atoms with Crippen molar-refractivity contribution >= 4 is 17.3 Å². The highest BCUT2D eigenvalue weighted by Crippen LogP contribution is 2.36. The zero-order chi connectivity index (χ0) is 14.8. The zero-order valence-corrected chi connectivity index (χ0v) is 11.4. The van der Waals surface area contributed by atoms with E-state index in [1.54, 1.807) is 12.3 Å². The molecule has 0 saturated heterocycles. The maximum atomic E-state index is 12.7. The van der Waals surface area contributed by atoms with Gasteiger partial charge in [0.05, 0.1) is 16.8 Å². The standard InChI is InChI=1S/C14H13ClF3NO/c1-9(7-11-3-2-6-20-11)19-10-4-5-13(15)12(8-10)14(16,17)18/h2-6,8-9,19H,7H2,1H3. The Bertz CT molecular complexity index is 566. The Labute approximate surface area is 119 Å². The molecule has 20 heavy (non-hydrogen) atoms. The van der Waals surface area contributed by atoms with Gasteiger partial charge in [-0.2, -0.15) is 13.2 Å². The van der Waals surface area contributed by atoms with Crippen LogP contribution in [0, 0.1) is 0 Å². The second kappa shape index (κ2) is 5.79. The second-order valence-electron chi connectivity index (χ2n) is 4.52. The molecule has 1 aromatic carbocycles. The number of halogens is 4. The van der Waals surface area contributed by atoms with E-state index in [1.807, 2.05) is 13.0 Å². The van der Waals surface area contributed by atoms with E-state index in [2.05, 4.69) is 5.32 Å². The van der Waals surface area contributed by atoms with E-state index in [0.717, 1.165) is 11.8 Å². The van der Waals surface area contributed by atoms with Gasteiger partial charge >= 0.3 is 6.18 Å². The molecule has 2 rings (SSSR count). The van der Waals surface area contributed by atoms with Crippen LogP contribution < -0.4 is 5.32 Å². The molecule has 0 amide bonds. The normalized spacial score (nSPS) is 13.2. The lowest BCUT2D eigenvalue weighted by atomic mass is 10.1. The summed E-state index contributed by atoms with van der Waals surface area (Å²) >= 11 is 5.57. The third-order valence-corrected chi connectivity index (χ3v) is 3.10. The van der Waals surface area contributed by atoms with E-state index in [9.17, 15) is 13.2 Å². The van der Waals surface area contributed by atoms with E-state index >= 15 is 0 Å². The molecule has 0 fully saturated rings. The van der Waals surface area contributed by atoms with Gasteiger partial charge in [-0.05, 0) is 37.3 Å². The molecule has 1 aromatic heterocycles. The summed E-state index contributed by atoms with van der Waals surface area (Å²) in [6.45, 7) is 1.87. The van der Waals surface area contributed by atoms with Crippen molar-refractivity contribution in [2.45, 2.75) is 25.6 Å². The number of alkyl halides is 3. The molecule has 1 unspecified atom stereocenters. The maximum absolute atomic E-state index is 12.7. The Morgan fingerprint density at radius 2 is 2.05 bits per heavy atom. The molecular weight excluding hydrogens is 291 g/mol. The first-order valence-electron chi connectivity index (χ1n) is 6.02. The summed E-state index contributed by atoms with van der Waals surface area (Å²) < 4.78 is 43.4. The van der Waals surface area contributed by atoms with Crippen molar-refractivity contribution in [3.05, 3.63) is 52.9 Å². The van der Waals surface area contributed by atoms with Crippen molar-refractivity contribution < 1.29 is 17.6 Å². The van der Waals surface area contributed by atoms with Crippen LogP contribution in [0.2, 0.25) is 5.02 Å². The molecule has 0 spiro atoms. The number of benzene rings is 1. The Morgan fingerprint density at radius 1 is 1.30 bits per heavy atom. The van der Waals surface area contributed by atoms with Crippen LogP contribution in [-0.2, 0) is 12.6 Å². The number of furan rings is 1. The largest absolute Gasteiger partial charge is 0.469 e. The van der Waals surface area contributed by atoms with Gasteiger partial charge in [-0.3, -0.25) is 0 Å². The fourth-order valence-electron chi connectivity index (χ4n) is 1.90. The van der Waals surface area contributed by atoms with Gasteiger partial charge in [0.2, 0.25) is 0 Å². The molecule has 0 aliphatic heterocycles. The van der Waals surface area contributed by atoms with Crippen LogP contribution in [0.1, 0.15) is 18.2 Å². The van der Waals surface area contributed by atoms with E-state index in [0.29, 0.717) is 12.1 Å². The predicted octanol–water partition coefficient (Wildman–Crippen LogP) is 4.99. The predicted molar refractivity (Wildman–Crippen MR) is 72.0 cm³/mol. The molecule has 0 saturated carbocycles. The Kier molecular flexibility index (Phi) is 4.28. The lowest BCUT2D eigenvalue weighted by Crippen LogP contribution is -2.18. The highest BCUT2D eigenvalue weighted by molar-refractivity contribution is 6.31. The first kappa shape index (κ1) is 14.8. The Balaban J connectivity index is 2.10. The van der Waals surface area contributed by atoms with Crippen molar-refractivity contribution in [3.8, 4) is 0 Å². The van der Waals surface area contributed by atoms with E-state index in [-0.39, 0.29) is 11.1 Å². The summed E-state index contributed by atoms with van der Waals surface area (Å²) in [5.74, 6) is 0.773. The maximum Gasteiger partial charge on any atom is 0.417 e. The summed E-state index contributed by atoms with van der Waals surface area (Å²) in [6.07, 6.45) is -2.32. The van der Waals surface area contributed by atoms with Gasteiger partial charge in [0.15, 0.2) is 0 Å². The van der Waals surface area contributed by atoms with Crippen molar-refractivity contribution in [2.24, 2.45) is 0 Å². The lowest BCUT2D eigenvalue weighted by molar-refractivity contribution is -0.137. The van der Waals surface area contributed by atoms with Gasteiger partial charge in [0.1, 0.15) is 5.76 Å². The average molecular weight is 304 g/mol. The summed E-state index contributed by atoms with van der Waals surface area (Å²) in [7, 11) is 0. The molecule has 0 radical (unpaired) electrons. The Morgan fingerprint density at radius 3 is 2.65 bits per heavy atom. The molecular formula is C14H13ClF3NO. The molecule has 6 heteroatoms. The topological polar surface area (TPSA) is 25.2 Å². The van der Waals surface area contributed by atoms with Gasteiger partial charge < -0.3 is 9.73 Å². The third-order valence-electron chi connectivity index (χ3n) is 2.77. The van der Waals surface area contributed by atoms with Crippen molar-refractivity contribution in [1.29, 1.82) is 0 Å². The number of hydrogen-bond donors (Lipinski definition) is 1. The van der Waals surface area contributed by atoms with Crippen LogP contribution in [0.5, 0.6) is 0 Å². The Hall–Kier alpha value is -1.62. The minimum atomic E-state index is -4.46. The average Bonchev–Trinajstić information content (AvgIpc) is 2.83. The third kappa shape index (κ3) is 3.70. The molecule has 0 bridgehead atoms. The summed E-state index contributed by atoms with van der Waals surface area (Å²) in [4.78, 5) is 0. The van der Waals surface area contributed by atoms with E-state index in [4.69, 9.17) is 16.0 Å². The molecule has 108 valence electrons. The number of anilines is 1. The highest BCUT2D eigenvalue weighted by Gasteiger charge is 2.33. The van der Waals surface area contributed by atoms with Crippen molar-refractivity contribution in [1.82, 2.24) is 0 Å². The van der Waals surface area contributed by atoms with Gasteiger partial charge in [-0.15, -0.1) is 0 Å². The second-order valence-corrected chi connectivity index (χ2v) is 4.93. The van der Waals surface area contributed by atoms with Crippen molar-refractivity contribution in [3.63, 3.8) is 0 Å². The van der Waals surface area contributed by atoms with Crippen LogP contribution in [0.25, 0.3) is 0 Å². The molecule has 2 aromatic rings. The van der Waals surface area contributed by atoms with Gasteiger partial charge in [-0.25, -0.2) is 0 Å². The van der Waals surface area contributed by atoms with Gasteiger partial charge in [0.25, 0.3) is 0 Å². The van der Waals surface area contributed by atoms with E-state index in [1.165, 1.54) is 12.1 Å². The fourth-order valence-corrected chi connectivity index (χ4v) is 2.12.